The first-order valence-electron chi connectivity index (χ1n) is 7.13. The van der Waals surface area contributed by atoms with Crippen LogP contribution in [0.1, 0.15) is 19.3 Å². The number of rotatable bonds is 4. The number of nitrogens with two attached hydrogens (primary N) is 1. The lowest BCUT2D eigenvalue weighted by Crippen LogP contribution is -2.47. The largest absolute Gasteiger partial charge is 0.327 e. The van der Waals surface area contributed by atoms with Gasteiger partial charge < -0.3 is 20.9 Å². The van der Waals surface area contributed by atoms with Crippen molar-refractivity contribution in [2.24, 2.45) is 11.7 Å². The molecule has 100 valence electrons. The fourth-order valence-electron chi connectivity index (χ4n) is 3.06. The number of hydrogen-bond acceptors (Lipinski definition) is 4. The van der Waals surface area contributed by atoms with Crippen molar-refractivity contribution in [3.05, 3.63) is 0 Å². The lowest BCUT2D eigenvalue weighted by molar-refractivity contribution is 0.169. The molecule has 0 aromatic heterocycles. The minimum Gasteiger partial charge on any atom is -0.327 e. The Morgan fingerprint density at radius 1 is 1.29 bits per heavy atom. The third-order valence-electron chi connectivity index (χ3n) is 4.25. The summed E-state index contributed by atoms with van der Waals surface area (Å²) in [7, 11) is 2.22. The van der Waals surface area contributed by atoms with Crippen LogP contribution in [0.2, 0.25) is 0 Å². The summed E-state index contributed by atoms with van der Waals surface area (Å²) < 4.78 is 0. The van der Waals surface area contributed by atoms with Gasteiger partial charge in [-0.05, 0) is 45.3 Å². The van der Waals surface area contributed by atoms with Gasteiger partial charge >= 0.3 is 0 Å². The number of nitrogens with one attached hydrogen (secondary N) is 1. The van der Waals surface area contributed by atoms with Gasteiger partial charge in [0, 0.05) is 38.8 Å². The summed E-state index contributed by atoms with van der Waals surface area (Å²) in [4.78, 5) is 4.97. The van der Waals surface area contributed by atoms with E-state index in [4.69, 9.17) is 5.73 Å². The van der Waals surface area contributed by atoms with E-state index >= 15 is 0 Å². The molecule has 2 unspecified atom stereocenters. The summed E-state index contributed by atoms with van der Waals surface area (Å²) in [5.74, 6) is 0.719. The second-order valence-corrected chi connectivity index (χ2v) is 5.71. The van der Waals surface area contributed by atoms with Crippen LogP contribution in [-0.4, -0.2) is 68.7 Å². The van der Waals surface area contributed by atoms with Gasteiger partial charge in [-0.25, -0.2) is 0 Å². The molecule has 0 aromatic carbocycles. The van der Waals surface area contributed by atoms with E-state index in [1.54, 1.807) is 0 Å². The number of hydrogen-bond donors (Lipinski definition) is 2. The Hall–Kier alpha value is -0.160. The molecule has 2 saturated heterocycles. The smallest absolute Gasteiger partial charge is 0.0107 e. The molecule has 0 spiro atoms. The zero-order valence-corrected chi connectivity index (χ0v) is 11.2. The van der Waals surface area contributed by atoms with Gasteiger partial charge in [-0.3, -0.25) is 0 Å². The molecule has 4 nitrogen and oxygen atoms in total. The van der Waals surface area contributed by atoms with E-state index in [0.29, 0.717) is 6.04 Å². The summed E-state index contributed by atoms with van der Waals surface area (Å²) >= 11 is 0. The minimum atomic E-state index is 0.396. The quantitative estimate of drug-likeness (QED) is 0.723. The van der Waals surface area contributed by atoms with E-state index in [9.17, 15) is 0 Å². The fourth-order valence-corrected chi connectivity index (χ4v) is 3.06. The maximum absolute atomic E-state index is 6.36. The predicted molar refractivity (Wildman–Crippen MR) is 72.1 cm³/mol. The van der Waals surface area contributed by atoms with Crippen molar-refractivity contribution in [1.82, 2.24) is 15.1 Å². The van der Waals surface area contributed by atoms with E-state index in [1.807, 2.05) is 0 Å². The van der Waals surface area contributed by atoms with Crippen LogP contribution in [-0.2, 0) is 0 Å². The predicted octanol–water partition coefficient (Wildman–Crippen LogP) is -0.0492. The van der Waals surface area contributed by atoms with Crippen molar-refractivity contribution in [3.8, 4) is 0 Å². The average Bonchev–Trinajstić information content (AvgIpc) is 2.37. The molecule has 2 aliphatic heterocycles. The molecule has 2 aliphatic rings. The van der Waals surface area contributed by atoms with Crippen LogP contribution in [0.15, 0.2) is 0 Å². The van der Waals surface area contributed by atoms with E-state index in [0.717, 1.165) is 19.0 Å². The van der Waals surface area contributed by atoms with Crippen molar-refractivity contribution in [1.29, 1.82) is 0 Å². The van der Waals surface area contributed by atoms with Gasteiger partial charge in [-0.2, -0.15) is 0 Å². The van der Waals surface area contributed by atoms with Gasteiger partial charge in [0.05, 0.1) is 0 Å². The number of likely N-dealkylation sites (tertiary alicyclic amines) is 1. The highest BCUT2D eigenvalue weighted by atomic mass is 15.2. The molecule has 0 aromatic rings. The van der Waals surface area contributed by atoms with Crippen molar-refractivity contribution >= 4 is 0 Å². The first-order chi connectivity index (χ1) is 8.25. The van der Waals surface area contributed by atoms with Crippen LogP contribution >= 0.6 is 0 Å². The molecule has 0 aliphatic carbocycles. The van der Waals surface area contributed by atoms with Crippen molar-refractivity contribution in [2.45, 2.75) is 25.3 Å². The van der Waals surface area contributed by atoms with Gasteiger partial charge in [0.1, 0.15) is 0 Å². The second-order valence-electron chi connectivity index (χ2n) is 5.71. The van der Waals surface area contributed by atoms with Crippen LogP contribution in [0.5, 0.6) is 0 Å². The van der Waals surface area contributed by atoms with Crippen LogP contribution in [0.4, 0.5) is 0 Å². The SMILES string of the molecule is CN1CCCC(C(N)CCN2CCNCC2)C1. The lowest BCUT2D eigenvalue weighted by atomic mass is 9.89. The Morgan fingerprint density at radius 3 is 2.76 bits per heavy atom. The second kappa shape index (κ2) is 6.69. The van der Waals surface area contributed by atoms with E-state index in [1.165, 1.54) is 52.0 Å². The van der Waals surface area contributed by atoms with Gasteiger partial charge in [-0.15, -0.1) is 0 Å². The van der Waals surface area contributed by atoms with E-state index < -0.39 is 0 Å². The van der Waals surface area contributed by atoms with Crippen LogP contribution in [0.25, 0.3) is 0 Å². The molecule has 0 amide bonds. The maximum Gasteiger partial charge on any atom is 0.0107 e. The summed E-state index contributed by atoms with van der Waals surface area (Å²) in [6, 6.07) is 0.396. The van der Waals surface area contributed by atoms with Crippen LogP contribution in [0.3, 0.4) is 0 Å². The van der Waals surface area contributed by atoms with Crippen molar-refractivity contribution in [3.63, 3.8) is 0 Å². The molecule has 17 heavy (non-hydrogen) atoms. The minimum absolute atomic E-state index is 0.396. The Morgan fingerprint density at radius 2 is 2.06 bits per heavy atom. The van der Waals surface area contributed by atoms with Crippen LogP contribution < -0.4 is 11.1 Å². The van der Waals surface area contributed by atoms with Crippen molar-refractivity contribution < 1.29 is 0 Å². The fraction of sp³-hybridized carbons (Fsp3) is 1.00. The molecule has 2 atom stereocenters. The maximum atomic E-state index is 6.36. The Bertz CT molecular complexity index is 215. The van der Waals surface area contributed by atoms with Crippen LogP contribution in [0, 0.1) is 5.92 Å². The molecule has 0 bridgehead atoms. The Kier molecular flexibility index (Phi) is 5.22. The normalized spacial score (nSPS) is 30.4. The van der Waals surface area contributed by atoms with Gasteiger partial charge in [0.2, 0.25) is 0 Å². The molecular formula is C13H28N4. The Balaban J connectivity index is 1.67. The molecule has 3 N–H and O–H groups in total. The highest BCUT2D eigenvalue weighted by Crippen LogP contribution is 2.19. The number of piperidine rings is 1. The molecule has 0 radical (unpaired) electrons. The van der Waals surface area contributed by atoms with Gasteiger partial charge in [0.15, 0.2) is 0 Å². The molecule has 4 heteroatoms. The monoisotopic (exact) mass is 240 g/mol. The highest BCUT2D eigenvalue weighted by Gasteiger charge is 2.23. The zero-order chi connectivity index (χ0) is 12.1. The van der Waals surface area contributed by atoms with E-state index in [2.05, 4.69) is 22.2 Å². The average molecular weight is 240 g/mol. The summed E-state index contributed by atoms with van der Waals surface area (Å²) in [5.41, 5.74) is 6.36. The van der Waals surface area contributed by atoms with Crippen molar-refractivity contribution in [2.75, 3.05) is 52.9 Å². The molecule has 2 fully saturated rings. The summed E-state index contributed by atoms with van der Waals surface area (Å²) in [5, 5.41) is 3.39. The topological polar surface area (TPSA) is 44.5 Å². The molecule has 2 rings (SSSR count). The highest BCUT2D eigenvalue weighted by molar-refractivity contribution is 4.81. The zero-order valence-electron chi connectivity index (χ0n) is 11.2. The van der Waals surface area contributed by atoms with Gasteiger partial charge in [0.25, 0.3) is 0 Å². The Labute approximate surface area is 106 Å². The summed E-state index contributed by atoms with van der Waals surface area (Å²) in [6.45, 7) is 8.30. The third-order valence-corrected chi connectivity index (χ3v) is 4.25. The standard InChI is InChI=1S/C13H28N4/c1-16-7-2-3-12(11-16)13(14)4-8-17-9-5-15-6-10-17/h12-13,15H,2-11,14H2,1H3. The number of nitrogens with zero attached hydrogens (tertiary/aromatic N) is 2. The third kappa shape index (κ3) is 4.21. The number of piperazine rings is 1. The summed E-state index contributed by atoms with van der Waals surface area (Å²) in [6.07, 6.45) is 3.81. The van der Waals surface area contributed by atoms with E-state index in [-0.39, 0.29) is 0 Å². The molecular weight excluding hydrogens is 212 g/mol. The van der Waals surface area contributed by atoms with Gasteiger partial charge in [-0.1, -0.05) is 0 Å². The molecule has 0 saturated carbocycles. The molecule has 2 heterocycles. The first kappa shape index (κ1) is 13.3. The first-order valence-corrected chi connectivity index (χ1v) is 7.13. The lowest BCUT2D eigenvalue weighted by Gasteiger charge is -2.35.